The molecule has 0 radical (unpaired) electrons. The second-order valence-corrected chi connectivity index (χ2v) is 8.57. The third-order valence-corrected chi connectivity index (χ3v) is 5.94. The van der Waals surface area contributed by atoms with Gasteiger partial charge >= 0.3 is 0 Å². The van der Waals surface area contributed by atoms with Crippen molar-refractivity contribution in [3.05, 3.63) is 47.2 Å². The van der Waals surface area contributed by atoms with E-state index in [-0.39, 0.29) is 18.4 Å². The SMILES string of the molecule is CC(C)[C@@H]1C=C(C(=O)N2CCCCCCC2)O[C@H](OCc2ccc(CO)cc2)C1. The van der Waals surface area contributed by atoms with Gasteiger partial charge in [-0.3, -0.25) is 4.79 Å². The smallest absolute Gasteiger partial charge is 0.288 e. The molecule has 2 aliphatic rings. The van der Waals surface area contributed by atoms with E-state index in [0.717, 1.165) is 43.5 Å². The van der Waals surface area contributed by atoms with E-state index in [1.807, 2.05) is 35.2 Å². The van der Waals surface area contributed by atoms with Crippen LogP contribution in [0.1, 0.15) is 63.5 Å². The predicted molar refractivity (Wildman–Crippen MR) is 113 cm³/mol. The Hall–Kier alpha value is -1.85. The van der Waals surface area contributed by atoms with Crippen LogP contribution in [0.2, 0.25) is 0 Å². The fourth-order valence-corrected chi connectivity index (χ4v) is 3.94. The van der Waals surface area contributed by atoms with Crippen molar-refractivity contribution in [2.45, 2.75) is 71.9 Å². The minimum absolute atomic E-state index is 0.0122. The quantitative estimate of drug-likeness (QED) is 0.768. The lowest BCUT2D eigenvalue weighted by molar-refractivity contribution is -0.160. The molecule has 29 heavy (non-hydrogen) atoms. The molecule has 2 aliphatic heterocycles. The highest BCUT2D eigenvalue weighted by Gasteiger charge is 2.31. The summed E-state index contributed by atoms with van der Waals surface area (Å²) in [4.78, 5) is 15.1. The first kappa shape index (κ1) is 21.8. The van der Waals surface area contributed by atoms with Gasteiger partial charge in [-0.1, -0.05) is 57.4 Å². The van der Waals surface area contributed by atoms with E-state index in [0.29, 0.717) is 18.3 Å². The molecular weight excluding hydrogens is 366 g/mol. The minimum atomic E-state index is -0.418. The molecule has 5 heteroatoms. The Balaban J connectivity index is 1.64. The summed E-state index contributed by atoms with van der Waals surface area (Å²) in [5.41, 5.74) is 1.91. The summed E-state index contributed by atoms with van der Waals surface area (Å²) in [6.45, 7) is 6.44. The number of amides is 1. The second kappa shape index (κ2) is 10.8. The molecule has 2 atom stereocenters. The third kappa shape index (κ3) is 6.31. The number of hydrogen-bond acceptors (Lipinski definition) is 4. The van der Waals surface area contributed by atoms with Crippen LogP contribution in [0.5, 0.6) is 0 Å². The van der Waals surface area contributed by atoms with Crippen molar-refractivity contribution < 1.29 is 19.4 Å². The number of likely N-dealkylation sites (tertiary alicyclic amines) is 1. The van der Waals surface area contributed by atoms with Crippen molar-refractivity contribution in [3.8, 4) is 0 Å². The average molecular weight is 402 g/mol. The van der Waals surface area contributed by atoms with Crippen molar-refractivity contribution in [1.29, 1.82) is 0 Å². The molecule has 160 valence electrons. The monoisotopic (exact) mass is 401 g/mol. The van der Waals surface area contributed by atoms with Gasteiger partial charge in [-0.05, 0) is 41.9 Å². The summed E-state index contributed by atoms with van der Waals surface area (Å²) in [5.74, 6) is 1.15. The molecule has 0 saturated carbocycles. The fourth-order valence-electron chi connectivity index (χ4n) is 3.94. The maximum Gasteiger partial charge on any atom is 0.288 e. The Labute approximate surface area is 174 Å². The predicted octanol–water partition coefficient (Wildman–Crippen LogP) is 4.39. The highest BCUT2D eigenvalue weighted by molar-refractivity contribution is 5.91. The Morgan fingerprint density at radius 2 is 1.72 bits per heavy atom. The van der Waals surface area contributed by atoms with Crippen LogP contribution >= 0.6 is 0 Å². The van der Waals surface area contributed by atoms with Gasteiger partial charge in [0.15, 0.2) is 5.76 Å². The van der Waals surface area contributed by atoms with Crippen LogP contribution in [0, 0.1) is 11.8 Å². The Morgan fingerprint density at radius 3 is 2.34 bits per heavy atom. The normalized spacial score (nSPS) is 23.2. The molecule has 0 bridgehead atoms. The van der Waals surface area contributed by atoms with Gasteiger partial charge in [0, 0.05) is 19.5 Å². The zero-order chi connectivity index (χ0) is 20.6. The largest absolute Gasteiger partial charge is 0.459 e. The summed E-state index contributed by atoms with van der Waals surface area (Å²) in [6.07, 6.45) is 8.14. The summed E-state index contributed by atoms with van der Waals surface area (Å²) in [6, 6.07) is 7.70. The van der Waals surface area contributed by atoms with Gasteiger partial charge in [0.25, 0.3) is 5.91 Å². The molecule has 1 aromatic carbocycles. The van der Waals surface area contributed by atoms with Crippen LogP contribution < -0.4 is 0 Å². The maximum absolute atomic E-state index is 13.1. The number of hydrogen-bond donors (Lipinski definition) is 1. The zero-order valence-corrected chi connectivity index (χ0v) is 17.8. The van der Waals surface area contributed by atoms with Crippen molar-refractivity contribution in [3.63, 3.8) is 0 Å². The van der Waals surface area contributed by atoms with Gasteiger partial charge in [0.2, 0.25) is 6.29 Å². The number of benzene rings is 1. The number of carbonyl (C=O) groups excluding carboxylic acids is 1. The third-order valence-electron chi connectivity index (χ3n) is 5.94. The van der Waals surface area contributed by atoms with E-state index in [1.165, 1.54) is 19.3 Å². The molecule has 0 aliphatic carbocycles. The van der Waals surface area contributed by atoms with Gasteiger partial charge in [-0.15, -0.1) is 0 Å². The topological polar surface area (TPSA) is 59.0 Å². The molecule has 0 unspecified atom stereocenters. The molecule has 1 saturated heterocycles. The summed E-state index contributed by atoms with van der Waals surface area (Å²) in [7, 11) is 0. The lowest BCUT2D eigenvalue weighted by Crippen LogP contribution is -2.38. The van der Waals surface area contributed by atoms with Crippen molar-refractivity contribution >= 4 is 5.91 Å². The minimum Gasteiger partial charge on any atom is -0.459 e. The Kier molecular flexibility index (Phi) is 8.13. The molecule has 1 aromatic rings. The Bertz CT molecular complexity index is 675. The summed E-state index contributed by atoms with van der Waals surface area (Å²) >= 11 is 0. The molecular formula is C24H35NO4. The lowest BCUT2D eigenvalue weighted by atomic mass is 9.90. The summed E-state index contributed by atoms with van der Waals surface area (Å²) in [5, 5.41) is 9.17. The number of nitrogens with zero attached hydrogens (tertiary/aromatic N) is 1. The number of aliphatic hydroxyl groups is 1. The highest BCUT2D eigenvalue weighted by Crippen LogP contribution is 2.30. The number of carbonyl (C=O) groups is 1. The number of aliphatic hydroxyl groups excluding tert-OH is 1. The van der Waals surface area contributed by atoms with Gasteiger partial charge in [0.05, 0.1) is 13.2 Å². The van der Waals surface area contributed by atoms with E-state index in [2.05, 4.69) is 13.8 Å². The van der Waals surface area contributed by atoms with Crippen molar-refractivity contribution in [2.75, 3.05) is 13.1 Å². The second-order valence-electron chi connectivity index (χ2n) is 8.57. The zero-order valence-electron chi connectivity index (χ0n) is 17.8. The van der Waals surface area contributed by atoms with Crippen LogP contribution in [-0.4, -0.2) is 35.3 Å². The molecule has 0 aromatic heterocycles. The molecule has 1 fully saturated rings. The molecule has 3 rings (SSSR count). The van der Waals surface area contributed by atoms with Crippen LogP contribution in [0.3, 0.4) is 0 Å². The van der Waals surface area contributed by atoms with Gasteiger partial charge in [-0.25, -0.2) is 0 Å². The van der Waals surface area contributed by atoms with Gasteiger partial charge in [0.1, 0.15) is 0 Å². The van der Waals surface area contributed by atoms with E-state index >= 15 is 0 Å². The van der Waals surface area contributed by atoms with Crippen LogP contribution in [-0.2, 0) is 27.5 Å². The molecule has 2 heterocycles. The van der Waals surface area contributed by atoms with Crippen molar-refractivity contribution in [2.24, 2.45) is 11.8 Å². The first-order chi connectivity index (χ1) is 14.1. The Morgan fingerprint density at radius 1 is 1.10 bits per heavy atom. The molecule has 5 nitrogen and oxygen atoms in total. The standard InChI is InChI=1S/C24H35NO4/c1-18(2)21-14-22(24(27)25-12-6-4-3-5-7-13-25)29-23(15-21)28-17-20-10-8-19(16-26)9-11-20/h8-11,14,18,21,23,26H,3-7,12-13,15-17H2,1-2H3/t21-,23+/m1/s1. The van der Waals surface area contributed by atoms with Crippen LogP contribution in [0.4, 0.5) is 0 Å². The van der Waals surface area contributed by atoms with E-state index in [1.54, 1.807) is 0 Å². The van der Waals surface area contributed by atoms with E-state index in [9.17, 15) is 9.90 Å². The van der Waals surface area contributed by atoms with Gasteiger partial charge in [-0.2, -0.15) is 0 Å². The van der Waals surface area contributed by atoms with Crippen LogP contribution in [0.15, 0.2) is 36.1 Å². The van der Waals surface area contributed by atoms with Gasteiger partial charge < -0.3 is 19.5 Å². The van der Waals surface area contributed by atoms with E-state index < -0.39 is 6.29 Å². The first-order valence-electron chi connectivity index (χ1n) is 11.0. The number of rotatable bonds is 6. The number of allylic oxidation sites excluding steroid dienone is 1. The first-order valence-corrected chi connectivity index (χ1v) is 11.0. The number of ether oxygens (including phenoxy) is 2. The summed E-state index contributed by atoms with van der Waals surface area (Å²) < 4.78 is 12.1. The molecule has 0 spiro atoms. The maximum atomic E-state index is 13.1. The van der Waals surface area contributed by atoms with Crippen molar-refractivity contribution in [1.82, 2.24) is 4.90 Å². The lowest BCUT2D eigenvalue weighted by Gasteiger charge is -2.33. The van der Waals surface area contributed by atoms with Crippen LogP contribution in [0.25, 0.3) is 0 Å². The molecule has 1 N–H and O–H groups in total. The average Bonchev–Trinajstić information content (AvgIpc) is 2.71. The van der Waals surface area contributed by atoms with E-state index in [4.69, 9.17) is 9.47 Å². The highest BCUT2D eigenvalue weighted by atomic mass is 16.7. The fraction of sp³-hybridized carbons (Fsp3) is 0.625. The molecule has 1 amide bonds.